The highest BCUT2D eigenvalue weighted by Crippen LogP contribution is 2.28. The summed E-state index contributed by atoms with van der Waals surface area (Å²) in [5.41, 5.74) is 14.6. The number of methoxy groups -OCH3 is 1. The number of ether oxygens (including phenoxy) is 1. The molecule has 0 aromatic heterocycles. The summed E-state index contributed by atoms with van der Waals surface area (Å²) in [6.45, 7) is 5.39. The lowest BCUT2D eigenvalue weighted by Crippen LogP contribution is -2.55. The molecule has 2 amide bonds. The van der Waals surface area contributed by atoms with Crippen LogP contribution in [0.25, 0.3) is 0 Å². The fraction of sp³-hybridized carbons (Fsp3) is 0.394. The first-order valence-corrected chi connectivity index (χ1v) is 16.5. The molecule has 1 fully saturated rings. The first kappa shape index (κ1) is 34.1. The highest BCUT2D eigenvalue weighted by atomic mass is 32.2. The summed E-state index contributed by atoms with van der Waals surface area (Å²) in [6, 6.07) is 23.4. The van der Waals surface area contributed by atoms with Crippen molar-refractivity contribution in [3.05, 3.63) is 96.1 Å². The molecule has 0 unspecified atom stereocenters. The zero-order chi connectivity index (χ0) is 32.6. The fourth-order valence-corrected chi connectivity index (χ4v) is 7.56. The van der Waals surface area contributed by atoms with Crippen LogP contribution in [0, 0.1) is 5.92 Å². The highest BCUT2D eigenvalue weighted by Gasteiger charge is 2.40. The third kappa shape index (κ3) is 8.27. The normalized spacial score (nSPS) is 17.5. The van der Waals surface area contributed by atoms with E-state index in [2.05, 4.69) is 10.6 Å². The van der Waals surface area contributed by atoms with Gasteiger partial charge in [0.1, 0.15) is 0 Å². The van der Waals surface area contributed by atoms with Crippen LogP contribution in [0.5, 0.6) is 0 Å². The second-order valence-corrected chi connectivity index (χ2v) is 13.5. The Balaban J connectivity index is 1.51. The molecule has 0 spiro atoms. The minimum absolute atomic E-state index is 0.0202. The van der Waals surface area contributed by atoms with Crippen molar-refractivity contribution in [3.63, 3.8) is 0 Å². The van der Waals surface area contributed by atoms with E-state index in [9.17, 15) is 18.0 Å². The van der Waals surface area contributed by atoms with Crippen molar-refractivity contribution in [2.45, 2.75) is 42.8 Å². The van der Waals surface area contributed by atoms with E-state index in [0.717, 1.165) is 16.0 Å². The average molecular weight is 637 g/mol. The van der Waals surface area contributed by atoms with Gasteiger partial charge in [0.25, 0.3) is 0 Å². The number of benzene rings is 3. The van der Waals surface area contributed by atoms with Crippen LogP contribution in [-0.4, -0.2) is 87.6 Å². The van der Waals surface area contributed by atoms with Crippen molar-refractivity contribution < 1.29 is 22.7 Å². The van der Waals surface area contributed by atoms with E-state index in [1.807, 2.05) is 74.5 Å². The van der Waals surface area contributed by atoms with Crippen molar-refractivity contribution in [2.24, 2.45) is 11.7 Å². The minimum Gasteiger partial charge on any atom is -0.452 e. The molecule has 242 valence electrons. The van der Waals surface area contributed by atoms with Crippen LogP contribution in [-0.2, 0) is 19.6 Å². The van der Waals surface area contributed by atoms with Crippen molar-refractivity contribution >= 4 is 27.7 Å². The van der Waals surface area contributed by atoms with E-state index < -0.39 is 40.0 Å². The van der Waals surface area contributed by atoms with Gasteiger partial charge in [-0.05, 0) is 41.3 Å². The maximum absolute atomic E-state index is 13.8. The Morgan fingerprint density at radius 2 is 1.53 bits per heavy atom. The van der Waals surface area contributed by atoms with E-state index in [0.29, 0.717) is 25.3 Å². The number of nitrogen functional groups attached to an aromatic ring is 1. The molecule has 0 bridgehead atoms. The fourth-order valence-electron chi connectivity index (χ4n) is 5.74. The predicted molar refractivity (Wildman–Crippen MR) is 175 cm³/mol. The molecule has 1 heterocycles. The molecule has 3 aromatic carbocycles. The molecule has 12 heteroatoms. The standard InChI is InChI=1S/C33H44N6O5S/c1-23(2)22-39(45(42,43)27-16-14-26(34)15-17-27)29-21-36-20-28(29)37-18-19-38(33(41)44-3)32(40)31(35)30(24-10-6-4-7-11-24)25-12-8-5-9-13-25/h4-17,23,28-31,36-37H,18-22,34-35H2,1-3H3/t28-,29-,31+/m1/s1. The molecule has 1 saturated heterocycles. The highest BCUT2D eigenvalue weighted by molar-refractivity contribution is 7.89. The molecular formula is C33H44N6O5S. The van der Waals surface area contributed by atoms with Gasteiger partial charge in [0.2, 0.25) is 15.9 Å². The van der Waals surface area contributed by atoms with Crippen LogP contribution >= 0.6 is 0 Å². The van der Waals surface area contributed by atoms with Gasteiger partial charge in [0, 0.05) is 50.4 Å². The van der Waals surface area contributed by atoms with Crippen molar-refractivity contribution in [1.82, 2.24) is 19.8 Å². The molecule has 1 aliphatic rings. The van der Waals surface area contributed by atoms with Gasteiger partial charge in [-0.25, -0.2) is 18.1 Å². The molecule has 45 heavy (non-hydrogen) atoms. The number of nitrogens with one attached hydrogen (secondary N) is 2. The lowest BCUT2D eigenvalue weighted by Gasteiger charge is -2.33. The van der Waals surface area contributed by atoms with Crippen molar-refractivity contribution in [1.29, 1.82) is 0 Å². The third-order valence-corrected chi connectivity index (χ3v) is 9.85. The van der Waals surface area contributed by atoms with Crippen LogP contribution in [0.2, 0.25) is 0 Å². The third-order valence-electron chi connectivity index (χ3n) is 7.95. The van der Waals surface area contributed by atoms with Gasteiger partial charge >= 0.3 is 6.09 Å². The summed E-state index contributed by atoms with van der Waals surface area (Å²) in [5.74, 6) is -0.993. The van der Waals surface area contributed by atoms with E-state index in [4.69, 9.17) is 16.2 Å². The van der Waals surface area contributed by atoms with Gasteiger partial charge < -0.3 is 26.8 Å². The molecule has 0 saturated carbocycles. The molecule has 4 rings (SSSR count). The van der Waals surface area contributed by atoms with Crippen LogP contribution in [0.3, 0.4) is 0 Å². The van der Waals surface area contributed by atoms with Crippen LogP contribution in [0.4, 0.5) is 10.5 Å². The minimum atomic E-state index is -3.83. The smallest absolute Gasteiger partial charge is 0.416 e. The SMILES string of the molecule is COC(=O)N(CCN[C@@H]1CNC[C@H]1N(CC(C)C)S(=O)(=O)c1ccc(N)cc1)C(=O)[C@@H](N)C(c1ccccc1)c1ccccc1. The second kappa shape index (κ2) is 15.5. The largest absolute Gasteiger partial charge is 0.452 e. The average Bonchev–Trinajstić information content (AvgIpc) is 3.50. The lowest BCUT2D eigenvalue weighted by atomic mass is 9.85. The zero-order valence-electron chi connectivity index (χ0n) is 26.0. The Hall–Kier alpha value is -3.81. The number of anilines is 1. The predicted octanol–water partition coefficient (Wildman–Crippen LogP) is 2.60. The number of hydrogen-bond donors (Lipinski definition) is 4. The number of nitrogens with two attached hydrogens (primary N) is 2. The molecular weight excluding hydrogens is 592 g/mol. The maximum Gasteiger partial charge on any atom is 0.416 e. The molecule has 11 nitrogen and oxygen atoms in total. The van der Waals surface area contributed by atoms with Crippen LogP contribution < -0.4 is 22.1 Å². The number of carbonyl (C=O) groups is 2. The summed E-state index contributed by atoms with van der Waals surface area (Å²) in [4.78, 5) is 27.9. The first-order chi connectivity index (χ1) is 21.5. The Morgan fingerprint density at radius 1 is 0.956 bits per heavy atom. The Labute approximate surface area is 266 Å². The quantitative estimate of drug-likeness (QED) is 0.207. The van der Waals surface area contributed by atoms with Crippen molar-refractivity contribution in [2.75, 3.05) is 45.6 Å². The van der Waals surface area contributed by atoms with E-state index >= 15 is 0 Å². The molecule has 3 aromatic rings. The van der Waals surface area contributed by atoms with Gasteiger partial charge in [0.15, 0.2) is 0 Å². The lowest BCUT2D eigenvalue weighted by molar-refractivity contribution is -0.131. The van der Waals surface area contributed by atoms with Gasteiger partial charge in [-0.15, -0.1) is 0 Å². The number of rotatable bonds is 13. The summed E-state index contributed by atoms with van der Waals surface area (Å²) in [5, 5.41) is 6.68. The second-order valence-electron chi connectivity index (χ2n) is 11.6. The monoisotopic (exact) mass is 636 g/mol. The summed E-state index contributed by atoms with van der Waals surface area (Å²) < 4.78 is 34.1. The topological polar surface area (TPSA) is 160 Å². The first-order valence-electron chi connectivity index (χ1n) is 15.1. The Morgan fingerprint density at radius 3 is 2.07 bits per heavy atom. The Kier molecular flexibility index (Phi) is 11.7. The number of sulfonamides is 1. The van der Waals surface area contributed by atoms with E-state index in [-0.39, 0.29) is 29.9 Å². The van der Waals surface area contributed by atoms with Gasteiger partial charge in [-0.1, -0.05) is 74.5 Å². The van der Waals surface area contributed by atoms with Crippen LogP contribution in [0.15, 0.2) is 89.8 Å². The van der Waals surface area contributed by atoms with E-state index in [1.54, 1.807) is 12.1 Å². The Bertz CT molecular complexity index is 1470. The number of nitrogens with zero attached hydrogens (tertiary/aromatic N) is 2. The number of amides is 2. The van der Waals surface area contributed by atoms with Gasteiger partial charge in [-0.2, -0.15) is 4.31 Å². The zero-order valence-corrected chi connectivity index (χ0v) is 26.8. The summed E-state index contributed by atoms with van der Waals surface area (Å²) in [6.07, 6.45) is -0.814. The molecule has 0 aliphatic carbocycles. The van der Waals surface area contributed by atoms with Gasteiger partial charge in [-0.3, -0.25) is 4.79 Å². The summed E-state index contributed by atoms with van der Waals surface area (Å²) >= 11 is 0. The maximum atomic E-state index is 13.8. The molecule has 0 radical (unpaired) electrons. The molecule has 6 N–H and O–H groups in total. The number of imide groups is 1. The molecule has 1 aliphatic heterocycles. The number of carbonyl (C=O) groups excluding carboxylic acids is 2. The number of hydrogen-bond acceptors (Lipinski definition) is 9. The summed E-state index contributed by atoms with van der Waals surface area (Å²) in [7, 11) is -2.61. The molecule has 3 atom stereocenters. The van der Waals surface area contributed by atoms with Crippen LogP contribution in [0.1, 0.15) is 30.9 Å². The van der Waals surface area contributed by atoms with Gasteiger partial charge in [0.05, 0.1) is 24.1 Å². The van der Waals surface area contributed by atoms with Crippen molar-refractivity contribution in [3.8, 4) is 0 Å². The van der Waals surface area contributed by atoms with E-state index in [1.165, 1.54) is 23.5 Å².